The largest absolute Gasteiger partial charge is 0.341 e. The van der Waals surface area contributed by atoms with Gasteiger partial charge in [-0.05, 0) is 55.8 Å². The molecule has 6 nitrogen and oxygen atoms in total. The lowest BCUT2D eigenvalue weighted by Crippen LogP contribution is -2.30. The summed E-state index contributed by atoms with van der Waals surface area (Å²) < 4.78 is 1.94. The molecule has 0 unspecified atom stereocenters. The summed E-state index contributed by atoms with van der Waals surface area (Å²) in [5.74, 6) is -0.219. The van der Waals surface area contributed by atoms with Crippen LogP contribution < -0.4 is 4.90 Å². The summed E-state index contributed by atoms with van der Waals surface area (Å²) in [5.41, 5.74) is 3.39. The second-order valence-electron chi connectivity index (χ2n) is 8.17. The molecule has 2 aromatic carbocycles. The number of para-hydroxylation sites is 1. The average Bonchev–Trinajstić information content (AvgIpc) is 3.50. The molecule has 32 heavy (non-hydrogen) atoms. The van der Waals surface area contributed by atoms with E-state index in [2.05, 4.69) is 0 Å². The van der Waals surface area contributed by atoms with Gasteiger partial charge in [0.2, 0.25) is 5.91 Å². The molecular weight excluding hydrogens is 422 g/mol. The van der Waals surface area contributed by atoms with Crippen LogP contribution >= 0.6 is 11.8 Å². The van der Waals surface area contributed by atoms with Crippen molar-refractivity contribution in [1.29, 1.82) is 0 Å². The third-order valence-corrected chi connectivity index (χ3v) is 6.83. The zero-order valence-electron chi connectivity index (χ0n) is 17.8. The van der Waals surface area contributed by atoms with Crippen molar-refractivity contribution in [2.24, 2.45) is 0 Å². The Morgan fingerprint density at radius 2 is 1.75 bits per heavy atom. The van der Waals surface area contributed by atoms with Gasteiger partial charge in [-0.2, -0.15) is 0 Å². The summed E-state index contributed by atoms with van der Waals surface area (Å²) in [6.07, 6.45) is 5.78. The molecule has 0 spiro atoms. The van der Waals surface area contributed by atoms with Crippen LogP contribution in [0.4, 0.5) is 10.5 Å². The number of carbonyl (C=O) groups is 3. The molecule has 1 aromatic heterocycles. The Balaban J connectivity index is 1.47. The first-order valence-corrected chi connectivity index (χ1v) is 11.5. The Bertz CT molecular complexity index is 1250. The number of hydrogen-bond acceptors (Lipinski definition) is 4. The molecular formula is C25H23N3O3S. The number of nitrogens with zero attached hydrogens (tertiary/aromatic N) is 3. The quantitative estimate of drug-likeness (QED) is 0.541. The fraction of sp³-hybridized carbons (Fsp3) is 0.240. The van der Waals surface area contributed by atoms with Gasteiger partial charge in [0, 0.05) is 35.8 Å². The van der Waals surface area contributed by atoms with E-state index in [0.29, 0.717) is 10.6 Å². The molecule has 2 aliphatic heterocycles. The molecule has 2 fully saturated rings. The van der Waals surface area contributed by atoms with Gasteiger partial charge in [-0.1, -0.05) is 35.9 Å². The van der Waals surface area contributed by atoms with E-state index in [0.717, 1.165) is 59.7 Å². The molecule has 0 N–H and O–H groups in total. The molecule has 162 valence electrons. The van der Waals surface area contributed by atoms with Gasteiger partial charge in [-0.25, -0.2) is 4.90 Å². The number of benzene rings is 2. The van der Waals surface area contributed by atoms with Gasteiger partial charge in [-0.3, -0.25) is 14.4 Å². The topological polar surface area (TPSA) is 62.6 Å². The number of carbonyl (C=O) groups excluding carboxylic acids is 3. The molecule has 0 saturated carbocycles. The summed E-state index contributed by atoms with van der Waals surface area (Å²) in [5, 5.41) is 0.641. The molecule has 3 heterocycles. The van der Waals surface area contributed by atoms with Crippen LogP contribution in [0.25, 0.3) is 17.0 Å². The smallest absolute Gasteiger partial charge is 0.298 e. The Labute approximate surface area is 190 Å². The van der Waals surface area contributed by atoms with Crippen LogP contribution in [0.1, 0.15) is 24.0 Å². The Hall–Kier alpha value is -3.32. The zero-order valence-corrected chi connectivity index (χ0v) is 18.6. The predicted octanol–water partition coefficient (Wildman–Crippen LogP) is 4.81. The van der Waals surface area contributed by atoms with Gasteiger partial charge in [0.25, 0.3) is 11.1 Å². The lowest BCUT2D eigenvalue weighted by molar-refractivity contribution is -0.130. The highest BCUT2D eigenvalue weighted by Gasteiger charge is 2.36. The van der Waals surface area contributed by atoms with E-state index in [1.807, 2.05) is 59.0 Å². The second kappa shape index (κ2) is 8.31. The van der Waals surface area contributed by atoms with Crippen molar-refractivity contribution in [3.05, 3.63) is 70.8 Å². The van der Waals surface area contributed by atoms with Crippen LogP contribution in [0, 0.1) is 6.92 Å². The second-order valence-corrected chi connectivity index (χ2v) is 9.16. The summed E-state index contributed by atoms with van der Waals surface area (Å²) in [4.78, 5) is 41.9. The van der Waals surface area contributed by atoms with Crippen LogP contribution in [0.3, 0.4) is 0 Å². The number of aryl methyl sites for hydroxylation is 1. The molecule has 0 bridgehead atoms. The lowest BCUT2D eigenvalue weighted by Gasteiger charge is -2.15. The van der Waals surface area contributed by atoms with Crippen molar-refractivity contribution in [3.63, 3.8) is 0 Å². The van der Waals surface area contributed by atoms with Crippen LogP contribution in [-0.2, 0) is 16.1 Å². The van der Waals surface area contributed by atoms with Crippen LogP contribution in [0.5, 0.6) is 0 Å². The first kappa shape index (κ1) is 20.6. The number of imide groups is 1. The van der Waals surface area contributed by atoms with Crippen molar-refractivity contribution >= 4 is 51.5 Å². The minimum atomic E-state index is -0.325. The van der Waals surface area contributed by atoms with Gasteiger partial charge in [0.15, 0.2) is 0 Å². The Morgan fingerprint density at radius 1 is 1.03 bits per heavy atom. The fourth-order valence-electron chi connectivity index (χ4n) is 4.26. The van der Waals surface area contributed by atoms with Crippen molar-refractivity contribution in [2.75, 3.05) is 18.0 Å². The number of likely N-dealkylation sites (tertiary alicyclic amines) is 1. The molecule has 3 amide bonds. The number of amides is 3. The zero-order chi connectivity index (χ0) is 22.2. The normalized spacial score (nSPS) is 17.8. The van der Waals surface area contributed by atoms with Gasteiger partial charge < -0.3 is 9.47 Å². The number of rotatable bonds is 4. The highest BCUT2D eigenvalue weighted by atomic mass is 32.2. The monoisotopic (exact) mass is 445 g/mol. The number of fused-ring (bicyclic) bond motifs is 1. The summed E-state index contributed by atoms with van der Waals surface area (Å²) in [6, 6.07) is 15.2. The maximum atomic E-state index is 13.0. The fourth-order valence-corrected chi connectivity index (χ4v) is 5.09. The van der Waals surface area contributed by atoms with Crippen LogP contribution in [0.15, 0.2) is 59.6 Å². The molecule has 2 aliphatic rings. The third kappa shape index (κ3) is 3.73. The first-order chi connectivity index (χ1) is 15.5. The number of thioether (sulfide) groups is 1. The Morgan fingerprint density at radius 3 is 2.50 bits per heavy atom. The highest BCUT2D eigenvalue weighted by Crippen LogP contribution is 2.37. The minimum Gasteiger partial charge on any atom is -0.341 e. The maximum absolute atomic E-state index is 13.0. The SMILES string of the molecule is Cc1ccc(N2C(=O)S/C(=C\c3cn(CC(=O)N4CCCC4)c4ccccc34)C2=O)cc1. The van der Waals surface area contributed by atoms with Crippen LogP contribution in [0.2, 0.25) is 0 Å². The molecule has 0 aliphatic carbocycles. The lowest BCUT2D eigenvalue weighted by atomic mass is 10.1. The summed E-state index contributed by atoms with van der Waals surface area (Å²) in [6.45, 7) is 3.86. The van der Waals surface area contributed by atoms with E-state index in [9.17, 15) is 14.4 Å². The number of aromatic nitrogens is 1. The number of anilines is 1. The van der Waals surface area contributed by atoms with E-state index < -0.39 is 0 Å². The van der Waals surface area contributed by atoms with Crippen molar-refractivity contribution in [1.82, 2.24) is 9.47 Å². The summed E-state index contributed by atoms with van der Waals surface area (Å²) >= 11 is 0.942. The molecule has 0 atom stereocenters. The Kier molecular flexibility index (Phi) is 5.35. The standard InChI is InChI=1S/C25H23N3O3S/c1-17-8-10-19(11-9-17)28-24(30)22(32-25(28)31)14-18-15-27(21-7-3-2-6-20(18)21)16-23(29)26-12-4-5-13-26/h2-3,6-11,14-15H,4-5,12-13,16H2,1H3/b22-14-. The minimum absolute atomic E-state index is 0.106. The molecule has 5 rings (SSSR count). The summed E-state index contributed by atoms with van der Waals surface area (Å²) in [7, 11) is 0. The van der Waals surface area contributed by atoms with Crippen LogP contribution in [-0.4, -0.2) is 39.6 Å². The maximum Gasteiger partial charge on any atom is 0.298 e. The molecule has 0 radical (unpaired) electrons. The van der Waals surface area contributed by atoms with Gasteiger partial charge in [-0.15, -0.1) is 0 Å². The predicted molar refractivity (Wildman–Crippen MR) is 127 cm³/mol. The average molecular weight is 446 g/mol. The van der Waals surface area contributed by atoms with E-state index in [-0.39, 0.29) is 23.6 Å². The molecule has 2 saturated heterocycles. The van der Waals surface area contributed by atoms with E-state index in [1.165, 1.54) is 4.90 Å². The molecule has 7 heteroatoms. The van der Waals surface area contributed by atoms with Crippen molar-refractivity contribution < 1.29 is 14.4 Å². The third-order valence-electron chi connectivity index (χ3n) is 5.96. The van der Waals surface area contributed by atoms with Gasteiger partial charge in [0.1, 0.15) is 6.54 Å². The van der Waals surface area contributed by atoms with Gasteiger partial charge >= 0.3 is 0 Å². The van der Waals surface area contributed by atoms with E-state index >= 15 is 0 Å². The van der Waals surface area contributed by atoms with E-state index in [1.54, 1.807) is 18.2 Å². The molecule has 3 aromatic rings. The van der Waals surface area contributed by atoms with Crippen molar-refractivity contribution in [3.8, 4) is 0 Å². The first-order valence-electron chi connectivity index (χ1n) is 10.7. The van der Waals surface area contributed by atoms with Crippen molar-refractivity contribution in [2.45, 2.75) is 26.3 Å². The number of hydrogen-bond donors (Lipinski definition) is 0. The highest BCUT2D eigenvalue weighted by molar-refractivity contribution is 8.19. The van der Waals surface area contributed by atoms with Gasteiger partial charge in [0.05, 0.1) is 10.6 Å². The van der Waals surface area contributed by atoms with E-state index in [4.69, 9.17) is 0 Å².